The highest BCUT2D eigenvalue weighted by Crippen LogP contribution is 2.35. The quantitative estimate of drug-likeness (QED) is 0.221. The Morgan fingerprint density at radius 1 is 1.00 bits per heavy atom. The van der Waals surface area contributed by atoms with Crippen molar-refractivity contribution in [3.8, 4) is 11.1 Å². The molecule has 0 amide bonds. The van der Waals surface area contributed by atoms with Crippen LogP contribution in [0.1, 0.15) is 28.7 Å². The smallest absolute Gasteiger partial charge is 0.309 e. The predicted octanol–water partition coefficient (Wildman–Crippen LogP) is 6.01. The fraction of sp³-hybridized carbons (Fsp3) is 0.240. The van der Waals surface area contributed by atoms with Crippen LogP contribution in [0.2, 0.25) is 0 Å². The first-order chi connectivity index (χ1) is 14.8. The number of carbonyl (C=O) groups is 1. The molecule has 1 atom stereocenters. The van der Waals surface area contributed by atoms with Gasteiger partial charge in [0.25, 0.3) is 0 Å². The van der Waals surface area contributed by atoms with Crippen LogP contribution in [0.15, 0.2) is 77.9 Å². The molecular weight excluding hydrogens is 374 g/mol. The van der Waals surface area contributed by atoms with Gasteiger partial charge in [-0.1, -0.05) is 77.9 Å². The van der Waals surface area contributed by atoms with Crippen LogP contribution in [0.25, 0.3) is 21.6 Å². The van der Waals surface area contributed by atoms with E-state index in [1.807, 2.05) is 54.6 Å². The van der Waals surface area contributed by atoms with Gasteiger partial charge in [0.1, 0.15) is 6.61 Å². The molecule has 0 radical (unpaired) electrons. The molecule has 3 aromatic rings. The lowest BCUT2D eigenvalue weighted by Crippen LogP contribution is -2.25. The second-order valence-corrected chi connectivity index (χ2v) is 7.52. The number of benzene rings is 3. The lowest BCUT2D eigenvalue weighted by Gasteiger charge is -2.26. The number of rotatable bonds is 6. The molecule has 0 bridgehead atoms. The van der Waals surface area contributed by atoms with Crippen molar-refractivity contribution >= 4 is 5.97 Å². The van der Waals surface area contributed by atoms with Crippen LogP contribution in [0, 0.1) is 5.92 Å². The van der Waals surface area contributed by atoms with E-state index in [9.17, 15) is 4.79 Å². The zero-order valence-electron chi connectivity index (χ0n) is 16.7. The number of carbonyl (C=O) groups excluding carboxylic acids is 1. The molecule has 5 nitrogen and oxygen atoms in total. The summed E-state index contributed by atoms with van der Waals surface area (Å²) in [6.45, 7) is 0.640. The predicted molar refractivity (Wildman–Crippen MR) is 116 cm³/mol. The number of ether oxygens (including phenoxy) is 1. The maximum absolute atomic E-state index is 12.6. The van der Waals surface area contributed by atoms with Gasteiger partial charge in [-0.3, -0.25) is 4.79 Å². The van der Waals surface area contributed by atoms with Gasteiger partial charge in [0.15, 0.2) is 0 Å². The number of nitrogens with zero attached hydrogens (tertiary/aromatic N) is 3. The van der Waals surface area contributed by atoms with E-state index in [-0.39, 0.29) is 11.9 Å². The summed E-state index contributed by atoms with van der Waals surface area (Å²) in [5.74, 6) is -0.242. The van der Waals surface area contributed by atoms with E-state index in [0.717, 1.165) is 35.1 Å². The van der Waals surface area contributed by atoms with Gasteiger partial charge in [-0.15, -0.1) is 0 Å². The van der Waals surface area contributed by atoms with E-state index in [0.29, 0.717) is 19.6 Å². The number of hydrogen-bond donors (Lipinski definition) is 0. The standard InChI is InChI=1S/C25H23N3O2/c26-28-27-16-21-9-4-5-11-22(21)24-12-6-10-19-15-20(13-14-23(19)24)25(29)30-17-18-7-2-1-3-8-18/h1-12,20H,13-17H2. The van der Waals surface area contributed by atoms with Crippen LogP contribution >= 0.6 is 0 Å². The van der Waals surface area contributed by atoms with E-state index < -0.39 is 0 Å². The van der Waals surface area contributed by atoms with Crippen LogP contribution in [0.4, 0.5) is 0 Å². The molecule has 0 heterocycles. The largest absolute Gasteiger partial charge is 0.461 e. The topological polar surface area (TPSA) is 75.1 Å². The zero-order chi connectivity index (χ0) is 20.8. The monoisotopic (exact) mass is 397 g/mol. The lowest BCUT2D eigenvalue weighted by atomic mass is 9.80. The minimum Gasteiger partial charge on any atom is -0.461 e. The van der Waals surface area contributed by atoms with E-state index in [2.05, 4.69) is 28.2 Å². The second kappa shape index (κ2) is 9.29. The van der Waals surface area contributed by atoms with Crippen molar-refractivity contribution in [3.63, 3.8) is 0 Å². The Hall–Kier alpha value is -3.56. The zero-order valence-corrected chi connectivity index (χ0v) is 16.7. The van der Waals surface area contributed by atoms with Crippen molar-refractivity contribution < 1.29 is 9.53 Å². The number of esters is 1. The van der Waals surface area contributed by atoms with Crippen molar-refractivity contribution in [2.24, 2.45) is 11.0 Å². The summed E-state index contributed by atoms with van der Waals surface area (Å²) in [4.78, 5) is 15.5. The van der Waals surface area contributed by atoms with Crippen molar-refractivity contribution in [2.45, 2.75) is 32.4 Å². The highest BCUT2D eigenvalue weighted by molar-refractivity contribution is 5.76. The molecule has 1 unspecified atom stereocenters. The third-order valence-electron chi connectivity index (χ3n) is 5.65. The van der Waals surface area contributed by atoms with Crippen molar-refractivity contribution in [2.75, 3.05) is 0 Å². The van der Waals surface area contributed by atoms with Gasteiger partial charge < -0.3 is 4.74 Å². The molecule has 4 rings (SSSR count). The molecule has 30 heavy (non-hydrogen) atoms. The highest BCUT2D eigenvalue weighted by Gasteiger charge is 2.27. The number of azide groups is 1. The Bertz CT molecular complexity index is 1090. The first kappa shape index (κ1) is 19.7. The van der Waals surface area contributed by atoms with E-state index in [1.54, 1.807) is 0 Å². The SMILES string of the molecule is [N-]=[N+]=NCc1ccccc1-c1cccc2c1CCC(C(=O)OCc1ccccc1)C2. The third kappa shape index (κ3) is 4.37. The Balaban J connectivity index is 1.52. The van der Waals surface area contributed by atoms with Gasteiger partial charge >= 0.3 is 5.97 Å². The van der Waals surface area contributed by atoms with E-state index >= 15 is 0 Å². The molecule has 0 saturated carbocycles. The molecule has 3 aromatic carbocycles. The lowest BCUT2D eigenvalue weighted by molar-refractivity contribution is -0.150. The molecule has 0 N–H and O–H groups in total. The fourth-order valence-electron chi connectivity index (χ4n) is 4.14. The van der Waals surface area contributed by atoms with Crippen molar-refractivity contribution in [3.05, 3.63) is 105 Å². The average molecular weight is 397 g/mol. The Kier molecular flexibility index (Phi) is 6.11. The van der Waals surface area contributed by atoms with Crippen molar-refractivity contribution in [1.82, 2.24) is 0 Å². The normalized spacial score (nSPS) is 15.0. The van der Waals surface area contributed by atoms with Crippen LogP contribution in [0.3, 0.4) is 0 Å². The molecule has 5 heteroatoms. The summed E-state index contributed by atoms with van der Waals surface area (Å²) in [7, 11) is 0. The molecule has 1 aliphatic carbocycles. The Labute approximate surface area is 176 Å². The minimum absolute atomic E-state index is 0.116. The molecule has 0 aromatic heterocycles. The van der Waals surface area contributed by atoms with Gasteiger partial charge in [0.05, 0.1) is 12.5 Å². The number of hydrogen-bond acceptors (Lipinski definition) is 3. The Morgan fingerprint density at radius 3 is 2.60 bits per heavy atom. The minimum atomic E-state index is -0.126. The summed E-state index contributed by atoms with van der Waals surface area (Å²) >= 11 is 0. The molecule has 0 saturated heterocycles. The van der Waals surface area contributed by atoms with E-state index in [1.165, 1.54) is 11.1 Å². The first-order valence-electron chi connectivity index (χ1n) is 10.2. The fourth-order valence-corrected chi connectivity index (χ4v) is 4.14. The summed E-state index contributed by atoms with van der Waals surface area (Å²) in [5, 5.41) is 3.74. The first-order valence-corrected chi connectivity index (χ1v) is 10.2. The van der Waals surface area contributed by atoms with Gasteiger partial charge in [0, 0.05) is 4.91 Å². The molecule has 0 spiro atoms. The Morgan fingerprint density at radius 2 is 1.77 bits per heavy atom. The third-order valence-corrected chi connectivity index (χ3v) is 5.65. The second-order valence-electron chi connectivity index (χ2n) is 7.52. The average Bonchev–Trinajstić information content (AvgIpc) is 2.81. The van der Waals surface area contributed by atoms with E-state index in [4.69, 9.17) is 10.3 Å². The van der Waals surface area contributed by atoms with Crippen LogP contribution in [-0.2, 0) is 35.5 Å². The maximum Gasteiger partial charge on any atom is 0.309 e. The molecule has 1 aliphatic rings. The summed E-state index contributed by atoms with van der Waals surface area (Å²) in [6.07, 6.45) is 2.29. The van der Waals surface area contributed by atoms with Gasteiger partial charge in [-0.05, 0) is 58.2 Å². The maximum atomic E-state index is 12.6. The molecule has 0 aliphatic heterocycles. The highest BCUT2D eigenvalue weighted by atomic mass is 16.5. The summed E-state index contributed by atoms with van der Waals surface area (Å²) < 4.78 is 5.58. The van der Waals surface area contributed by atoms with Crippen LogP contribution in [-0.4, -0.2) is 5.97 Å². The molecule has 0 fully saturated rings. The summed E-state index contributed by atoms with van der Waals surface area (Å²) in [5.41, 5.74) is 15.4. The molecule has 150 valence electrons. The van der Waals surface area contributed by atoms with Crippen LogP contribution < -0.4 is 0 Å². The van der Waals surface area contributed by atoms with Gasteiger partial charge in [0.2, 0.25) is 0 Å². The van der Waals surface area contributed by atoms with Crippen LogP contribution in [0.5, 0.6) is 0 Å². The summed E-state index contributed by atoms with van der Waals surface area (Å²) in [6, 6.07) is 24.0. The van der Waals surface area contributed by atoms with Gasteiger partial charge in [-0.2, -0.15) is 0 Å². The molecular formula is C25H23N3O2. The van der Waals surface area contributed by atoms with Gasteiger partial charge in [-0.25, -0.2) is 0 Å². The van der Waals surface area contributed by atoms with Crippen molar-refractivity contribution in [1.29, 1.82) is 0 Å². The number of fused-ring (bicyclic) bond motifs is 1.